The van der Waals surface area contributed by atoms with Gasteiger partial charge in [-0.15, -0.1) is 0 Å². The van der Waals surface area contributed by atoms with E-state index in [4.69, 9.17) is 10.5 Å². The second kappa shape index (κ2) is 6.38. The lowest BCUT2D eigenvalue weighted by Gasteiger charge is -2.41. The van der Waals surface area contributed by atoms with Gasteiger partial charge in [-0.05, 0) is 26.2 Å². The van der Waals surface area contributed by atoms with E-state index in [0.717, 1.165) is 32.6 Å². The van der Waals surface area contributed by atoms with Crippen molar-refractivity contribution >= 4 is 6.09 Å². The second-order valence-electron chi connectivity index (χ2n) is 5.30. The number of carbonyl (C=O) groups is 1. The van der Waals surface area contributed by atoms with Crippen LogP contribution >= 0.6 is 0 Å². The largest absolute Gasteiger partial charge is 0.450 e. The van der Waals surface area contributed by atoms with Crippen LogP contribution in [0, 0.1) is 0 Å². The average Bonchev–Trinajstić information content (AvgIpc) is 2.39. The average molecular weight is 255 g/mol. The van der Waals surface area contributed by atoms with Gasteiger partial charge in [0.2, 0.25) is 0 Å². The molecule has 0 aromatic carbocycles. The van der Waals surface area contributed by atoms with Gasteiger partial charge >= 0.3 is 6.09 Å². The molecule has 5 heteroatoms. The maximum atomic E-state index is 11.6. The smallest absolute Gasteiger partial charge is 0.409 e. The van der Waals surface area contributed by atoms with Gasteiger partial charge in [-0.2, -0.15) is 0 Å². The predicted octanol–water partition coefficient (Wildman–Crippen LogP) is 1.03. The maximum absolute atomic E-state index is 11.6. The van der Waals surface area contributed by atoms with E-state index in [1.807, 2.05) is 11.8 Å². The van der Waals surface area contributed by atoms with Crippen molar-refractivity contribution in [1.82, 2.24) is 9.80 Å². The van der Waals surface area contributed by atoms with Crippen molar-refractivity contribution in [2.75, 3.05) is 32.8 Å². The summed E-state index contributed by atoms with van der Waals surface area (Å²) in [6.45, 7) is 5.77. The van der Waals surface area contributed by atoms with E-state index < -0.39 is 0 Å². The lowest BCUT2D eigenvalue weighted by atomic mass is 9.90. The molecule has 2 fully saturated rings. The first kappa shape index (κ1) is 13.6. The SMILES string of the molecule is CCOC(=O)N1CCN(C2CCCC(N)C2)CC1. The molecule has 18 heavy (non-hydrogen) atoms. The van der Waals surface area contributed by atoms with Crippen LogP contribution in [0.2, 0.25) is 0 Å². The Morgan fingerprint density at radius 1 is 1.28 bits per heavy atom. The van der Waals surface area contributed by atoms with Crippen LogP contribution in [0.15, 0.2) is 0 Å². The Morgan fingerprint density at radius 3 is 2.61 bits per heavy atom. The van der Waals surface area contributed by atoms with Crippen LogP contribution in [0.5, 0.6) is 0 Å². The number of hydrogen-bond donors (Lipinski definition) is 1. The van der Waals surface area contributed by atoms with Gasteiger partial charge in [0, 0.05) is 38.3 Å². The first-order valence-corrected chi connectivity index (χ1v) is 7.12. The summed E-state index contributed by atoms with van der Waals surface area (Å²) in [5.74, 6) is 0. The molecule has 2 N–H and O–H groups in total. The number of ether oxygens (including phenoxy) is 1. The van der Waals surface area contributed by atoms with Gasteiger partial charge in [-0.1, -0.05) is 6.42 Å². The summed E-state index contributed by atoms with van der Waals surface area (Å²) in [6, 6.07) is 0.991. The van der Waals surface area contributed by atoms with Gasteiger partial charge in [0.05, 0.1) is 6.61 Å². The zero-order valence-electron chi connectivity index (χ0n) is 11.3. The number of rotatable bonds is 2. The van der Waals surface area contributed by atoms with Crippen LogP contribution in [0.1, 0.15) is 32.6 Å². The standard InChI is InChI=1S/C13H25N3O2/c1-2-18-13(17)16-8-6-15(7-9-16)12-5-3-4-11(14)10-12/h11-12H,2-10,14H2,1H3. The maximum Gasteiger partial charge on any atom is 0.409 e. The lowest BCUT2D eigenvalue weighted by molar-refractivity contribution is 0.0562. The Labute approximate surface area is 109 Å². The van der Waals surface area contributed by atoms with Crippen molar-refractivity contribution in [2.45, 2.75) is 44.7 Å². The molecule has 0 aromatic heterocycles. The summed E-state index contributed by atoms with van der Waals surface area (Å²) in [4.78, 5) is 15.9. The number of carbonyl (C=O) groups excluding carboxylic acids is 1. The molecule has 2 rings (SSSR count). The Balaban J connectivity index is 1.77. The van der Waals surface area contributed by atoms with E-state index in [1.54, 1.807) is 0 Å². The minimum absolute atomic E-state index is 0.169. The van der Waals surface area contributed by atoms with Crippen LogP contribution in [0.4, 0.5) is 4.79 Å². The molecule has 1 amide bonds. The molecule has 1 saturated heterocycles. The summed E-state index contributed by atoms with van der Waals surface area (Å²) in [5.41, 5.74) is 6.04. The molecule has 0 radical (unpaired) electrons. The molecule has 2 unspecified atom stereocenters. The van der Waals surface area contributed by atoms with E-state index in [0.29, 0.717) is 18.7 Å². The van der Waals surface area contributed by atoms with Crippen LogP contribution < -0.4 is 5.73 Å². The Morgan fingerprint density at radius 2 is 2.00 bits per heavy atom. The van der Waals surface area contributed by atoms with Gasteiger partial charge in [0.15, 0.2) is 0 Å². The molecule has 0 spiro atoms. The number of nitrogens with zero attached hydrogens (tertiary/aromatic N) is 2. The molecule has 104 valence electrons. The van der Waals surface area contributed by atoms with Crippen molar-refractivity contribution in [1.29, 1.82) is 0 Å². The minimum atomic E-state index is -0.169. The Hall–Kier alpha value is -0.810. The highest BCUT2D eigenvalue weighted by Gasteiger charge is 2.29. The number of amides is 1. The van der Waals surface area contributed by atoms with Crippen LogP contribution in [-0.2, 0) is 4.74 Å². The second-order valence-corrected chi connectivity index (χ2v) is 5.30. The third-order valence-electron chi connectivity index (χ3n) is 4.04. The molecule has 0 bridgehead atoms. The number of hydrogen-bond acceptors (Lipinski definition) is 4. The molecule has 1 aliphatic carbocycles. The molecule has 2 atom stereocenters. The molecule has 0 aromatic rings. The quantitative estimate of drug-likeness (QED) is 0.800. The molecule has 1 heterocycles. The van der Waals surface area contributed by atoms with E-state index in [2.05, 4.69) is 4.90 Å². The third-order valence-corrected chi connectivity index (χ3v) is 4.04. The van der Waals surface area contributed by atoms with E-state index in [-0.39, 0.29) is 6.09 Å². The van der Waals surface area contributed by atoms with Crippen molar-refractivity contribution in [3.05, 3.63) is 0 Å². The normalized spacial score (nSPS) is 30.2. The highest BCUT2D eigenvalue weighted by Crippen LogP contribution is 2.23. The summed E-state index contributed by atoms with van der Waals surface area (Å²) in [5, 5.41) is 0. The Bertz CT molecular complexity index is 277. The topological polar surface area (TPSA) is 58.8 Å². The number of piperazine rings is 1. The first-order chi connectivity index (χ1) is 8.70. The lowest BCUT2D eigenvalue weighted by Crippen LogP contribution is -2.53. The molecular weight excluding hydrogens is 230 g/mol. The van der Waals surface area contributed by atoms with Gasteiger partial charge < -0.3 is 15.4 Å². The van der Waals surface area contributed by atoms with Crippen LogP contribution in [-0.4, -0.2) is 60.8 Å². The summed E-state index contributed by atoms with van der Waals surface area (Å²) >= 11 is 0. The van der Waals surface area contributed by atoms with Crippen LogP contribution in [0.3, 0.4) is 0 Å². The molecule has 5 nitrogen and oxygen atoms in total. The fraction of sp³-hybridized carbons (Fsp3) is 0.923. The first-order valence-electron chi connectivity index (χ1n) is 7.12. The van der Waals surface area contributed by atoms with Crippen molar-refractivity contribution in [2.24, 2.45) is 5.73 Å². The highest BCUT2D eigenvalue weighted by molar-refractivity contribution is 5.67. The summed E-state index contributed by atoms with van der Waals surface area (Å²) in [7, 11) is 0. The van der Waals surface area contributed by atoms with Gasteiger partial charge in [0.1, 0.15) is 0 Å². The number of nitrogens with two attached hydrogens (primary N) is 1. The van der Waals surface area contributed by atoms with Gasteiger partial charge in [-0.25, -0.2) is 4.79 Å². The monoisotopic (exact) mass is 255 g/mol. The molecule has 2 aliphatic rings. The van der Waals surface area contributed by atoms with Crippen molar-refractivity contribution in [3.63, 3.8) is 0 Å². The van der Waals surface area contributed by atoms with E-state index in [1.165, 1.54) is 19.3 Å². The summed E-state index contributed by atoms with van der Waals surface area (Å²) in [6.07, 6.45) is 4.60. The van der Waals surface area contributed by atoms with Crippen molar-refractivity contribution < 1.29 is 9.53 Å². The summed E-state index contributed by atoms with van der Waals surface area (Å²) < 4.78 is 5.03. The van der Waals surface area contributed by atoms with Crippen LogP contribution in [0.25, 0.3) is 0 Å². The fourth-order valence-corrected chi connectivity index (χ4v) is 3.02. The Kier molecular flexibility index (Phi) is 4.83. The molecular formula is C13H25N3O2. The van der Waals surface area contributed by atoms with E-state index >= 15 is 0 Å². The predicted molar refractivity (Wildman–Crippen MR) is 70.4 cm³/mol. The zero-order chi connectivity index (χ0) is 13.0. The van der Waals surface area contributed by atoms with E-state index in [9.17, 15) is 4.79 Å². The third kappa shape index (κ3) is 3.36. The molecule has 1 saturated carbocycles. The van der Waals surface area contributed by atoms with Gasteiger partial charge in [0.25, 0.3) is 0 Å². The van der Waals surface area contributed by atoms with Gasteiger partial charge in [-0.3, -0.25) is 4.90 Å². The fourth-order valence-electron chi connectivity index (χ4n) is 3.02. The minimum Gasteiger partial charge on any atom is -0.450 e. The highest BCUT2D eigenvalue weighted by atomic mass is 16.6. The zero-order valence-corrected chi connectivity index (χ0v) is 11.3. The van der Waals surface area contributed by atoms with Crippen molar-refractivity contribution in [3.8, 4) is 0 Å². The molecule has 1 aliphatic heterocycles.